The van der Waals surface area contributed by atoms with Crippen molar-refractivity contribution >= 4 is 12.0 Å². The second-order valence-corrected chi connectivity index (χ2v) is 4.43. The highest BCUT2D eigenvalue weighted by Gasteiger charge is 2.05. The summed E-state index contributed by atoms with van der Waals surface area (Å²) in [6.07, 6.45) is 4.16. The van der Waals surface area contributed by atoms with Crippen LogP contribution in [0.5, 0.6) is 11.6 Å². The number of pyridine rings is 1. The molecule has 0 fully saturated rings. The predicted octanol–water partition coefficient (Wildman–Crippen LogP) is 3.59. The standard InChI is InChI=1S/C16H15NO3/c1-11-5-3-4-6-14(11)20-16-12(2)9-13(10-17-16)7-8-15(18)19/h3-10H,1-2H3,(H,18,19)/b8-7+. The molecule has 0 unspecified atom stereocenters. The number of aryl methyl sites for hydroxylation is 2. The number of aromatic nitrogens is 1. The van der Waals surface area contributed by atoms with Crippen molar-refractivity contribution in [3.8, 4) is 11.6 Å². The summed E-state index contributed by atoms with van der Waals surface area (Å²) in [6, 6.07) is 9.54. The fraction of sp³-hybridized carbons (Fsp3) is 0.125. The summed E-state index contributed by atoms with van der Waals surface area (Å²) in [4.78, 5) is 14.7. The number of benzene rings is 1. The van der Waals surface area contributed by atoms with E-state index in [1.807, 2.05) is 44.2 Å². The van der Waals surface area contributed by atoms with Crippen LogP contribution in [0.1, 0.15) is 16.7 Å². The second-order valence-electron chi connectivity index (χ2n) is 4.43. The Hall–Kier alpha value is -2.62. The maximum Gasteiger partial charge on any atom is 0.328 e. The minimum atomic E-state index is -0.983. The van der Waals surface area contributed by atoms with E-state index in [-0.39, 0.29) is 0 Å². The van der Waals surface area contributed by atoms with Crippen LogP contribution in [0.3, 0.4) is 0 Å². The molecule has 0 aliphatic rings. The van der Waals surface area contributed by atoms with Gasteiger partial charge in [0.2, 0.25) is 5.88 Å². The van der Waals surface area contributed by atoms with Crippen LogP contribution < -0.4 is 4.74 Å². The van der Waals surface area contributed by atoms with Crippen molar-refractivity contribution < 1.29 is 14.6 Å². The van der Waals surface area contributed by atoms with Gasteiger partial charge < -0.3 is 9.84 Å². The molecule has 0 radical (unpaired) electrons. The molecule has 1 aromatic carbocycles. The maximum atomic E-state index is 10.5. The van der Waals surface area contributed by atoms with Crippen LogP contribution in [-0.2, 0) is 4.79 Å². The van der Waals surface area contributed by atoms with E-state index in [0.717, 1.165) is 28.5 Å². The fourth-order valence-corrected chi connectivity index (χ4v) is 1.72. The first kappa shape index (κ1) is 13.8. The number of para-hydroxylation sites is 1. The van der Waals surface area contributed by atoms with Gasteiger partial charge in [-0.05, 0) is 43.2 Å². The average molecular weight is 269 g/mol. The van der Waals surface area contributed by atoms with Gasteiger partial charge in [0.25, 0.3) is 0 Å². The lowest BCUT2D eigenvalue weighted by Crippen LogP contribution is -1.94. The Morgan fingerprint density at radius 1 is 1.25 bits per heavy atom. The normalized spacial score (nSPS) is 10.7. The van der Waals surface area contributed by atoms with Gasteiger partial charge in [0.05, 0.1) is 0 Å². The van der Waals surface area contributed by atoms with E-state index in [2.05, 4.69) is 4.98 Å². The van der Waals surface area contributed by atoms with Gasteiger partial charge in [-0.2, -0.15) is 0 Å². The van der Waals surface area contributed by atoms with E-state index >= 15 is 0 Å². The first-order valence-electron chi connectivity index (χ1n) is 6.17. The Labute approximate surface area is 117 Å². The number of hydrogen-bond donors (Lipinski definition) is 1. The van der Waals surface area contributed by atoms with E-state index in [9.17, 15) is 4.79 Å². The zero-order valence-electron chi connectivity index (χ0n) is 11.3. The van der Waals surface area contributed by atoms with Gasteiger partial charge in [0.1, 0.15) is 5.75 Å². The molecule has 0 aliphatic heterocycles. The van der Waals surface area contributed by atoms with Crippen molar-refractivity contribution in [3.63, 3.8) is 0 Å². The summed E-state index contributed by atoms with van der Waals surface area (Å²) in [5.74, 6) is 0.298. The molecule has 0 saturated heterocycles. The number of nitrogens with zero attached hydrogens (tertiary/aromatic N) is 1. The summed E-state index contributed by atoms with van der Waals surface area (Å²) in [7, 11) is 0. The number of aliphatic carboxylic acids is 1. The summed E-state index contributed by atoms with van der Waals surface area (Å²) in [5.41, 5.74) is 2.60. The van der Waals surface area contributed by atoms with Crippen LogP contribution in [0.2, 0.25) is 0 Å². The zero-order valence-corrected chi connectivity index (χ0v) is 11.3. The van der Waals surface area contributed by atoms with Crippen LogP contribution in [0.25, 0.3) is 6.08 Å². The third-order valence-electron chi connectivity index (χ3n) is 2.77. The van der Waals surface area contributed by atoms with Crippen LogP contribution >= 0.6 is 0 Å². The molecule has 0 bridgehead atoms. The molecular weight excluding hydrogens is 254 g/mol. The van der Waals surface area contributed by atoms with Gasteiger partial charge in [0.15, 0.2) is 0 Å². The zero-order chi connectivity index (χ0) is 14.5. The lowest BCUT2D eigenvalue weighted by Gasteiger charge is -2.10. The highest BCUT2D eigenvalue weighted by molar-refractivity contribution is 5.85. The quantitative estimate of drug-likeness (QED) is 0.862. The smallest absolute Gasteiger partial charge is 0.328 e. The van der Waals surface area contributed by atoms with Crippen molar-refractivity contribution in [1.82, 2.24) is 4.98 Å². The molecule has 0 atom stereocenters. The number of ether oxygens (including phenoxy) is 1. The molecule has 2 rings (SSSR count). The van der Waals surface area contributed by atoms with Crippen molar-refractivity contribution in [2.75, 3.05) is 0 Å². The number of carbonyl (C=O) groups is 1. The van der Waals surface area contributed by atoms with E-state index in [4.69, 9.17) is 9.84 Å². The van der Waals surface area contributed by atoms with Crippen molar-refractivity contribution in [1.29, 1.82) is 0 Å². The van der Waals surface area contributed by atoms with Crippen molar-refractivity contribution in [2.24, 2.45) is 0 Å². The second kappa shape index (κ2) is 6.02. The molecule has 0 amide bonds. The first-order chi connectivity index (χ1) is 9.56. The van der Waals surface area contributed by atoms with Gasteiger partial charge in [-0.25, -0.2) is 9.78 Å². The Morgan fingerprint density at radius 2 is 2.00 bits per heavy atom. The van der Waals surface area contributed by atoms with Gasteiger partial charge >= 0.3 is 5.97 Å². The molecule has 1 heterocycles. The Morgan fingerprint density at radius 3 is 2.65 bits per heavy atom. The Kier molecular flexibility index (Phi) is 4.15. The number of carboxylic acids is 1. The molecule has 1 aromatic heterocycles. The highest BCUT2D eigenvalue weighted by Crippen LogP contribution is 2.26. The van der Waals surface area contributed by atoms with Gasteiger partial charge in [0, 0.05) is 17.8 Å². The lowest BCUT2D eigenvalue weighted by molar-refractivity contribution is -0.131. The number of carboxylic acid groups (broad SMARTS) is 1. The van der Waals surface area contributed by atoms with Crippen LogP contribution in [-0.4, -0.2) is 16.1 Å². The van der Waals surface area contributed by atoms with E-state index < -0.39 is 5.97 Å². The molecule has 0 saturated carbocycles. The number of hydrogen-bond acceptors (Lipinski definition) is 3. The van der Waals surface area contributed by atoms with Crippen molar-refractivity contribution in [3.05, 3.63) is 59.3 Å². The first-order valence-corrected chi connectivity index (χ1v) is 6.17. The van der Waals surface area contributed by atoms with Crippen LogP contribution in [0.4, 0.5) is 0 Å². The number of rotatable bonds is 4. The summed E-state index contributed by atoms with van der Waals surface area (Å²) in [5, 5.41) is 8.59. The molecule has 4 heteroatoms. The topological polar surface area (TPSA) is 59.4 Å². The summed E-state index contributed by atoms with van der Waals surface area (Å²) >= 11 is 0. The summed E-state index contributed by atoms with van der Waals surface area (Å²) < 4.78 is 5.77. The van der Waals surface area contributed by atoms with E-state index in [1.165, 1.54) is 6.08 Å². The van der Waals surface area contributed by atoms with Crippen LogP contribution in [0.15, 0.2) is 42.6 Å². The summed E-state index contributed by atoms with van der Waals surface area (Å²) in [6.45, 7) is 3.84. The fourth-order valence-electron chi connectivity index (χ4n) is 1.72. The molecule has 2 aromatic rings. The molecule has 0 aliphatic carbocycles. The lowest BCUT2D eigenvalue weighted by atomic mass is 10.2. The average Bonchev–Trinajstić information content (AvgIpc) is 2.41. The third-order valence-corrected chi connectivity index (χ3v) is 2.77. The largest absolute Gasteiger partial charge is 0.478 e. The Bertz CT molecular complexity index is 663. The molecular formula is C16H15NO3. The molecule has 4 nitrogen and oxygen atoms in total. The van der Waals surface area contributed by atoms with Crippen LogP contribution in [0, 0.1) is 13.8 Å². The highest BCUT2D eigenvalue weighted by atomic mass is 16.5. The minimum Gasteiger partial charge on any atom is -0.478 e. The predicted molar refractivity (Wildman–Crippen MR) is 76.9 cm³/mol. The molecule has 102 valence electrons. The Balaban J connectivity index is 2.22. The van der Waals surface area contributed by atoms with E-state index in [1.54, 1.807) is 6.20 Å². The van der Waals surface area contributed by atoms with Crippen molar-refractivity contribution in [2.45, 2.75) is 13.8 Å². The van der Waals surface area contributed by atoms with E-state index in [0.29, 0.717) is 5.88 Å². The minimum absolute atomic E-state index is 0.520. The molecule has 1 N–H and O–H groups in total. The monoisotopic (exact) mass is 269 g/mol. The molecule has 20 heavy (non-hydrogen) atoms. The van der Waals surface area contributed by atoms with Gasteiger partial charge in [-0.3, -0.25) is 0 Å². The van der Waals surface area contributed by atoms with Gasteiger partial charge in [-0.1, -0.05) is 18.2 Å². The molecule has 0 spiro atoms. The van der Waals surface area contributed by atoms with Gasteiger partial charge in [-0.15, -0.1) is 0 Å². The maximum absolute atomic E-state index is 10.5. The third kappa shape index (κ3) is 3.45. The SMILES string of the molecule is Cc1ccccc1Oc1ncc(/C=C/C(=O)O)cc1C.